The van der Waals surface area contributed by atoms with Crippen molar-refractivity contribution in [1.29, 1.82) is 0 Å². The van der Waals surface area contributed by atoms with Crippen LogP contribution in [-0.2, 0) is 14.3 Å². The predicted molar refractivity (Wildman–Crippen MR) is 61.3 cm³/mol. The molecule has 3 atom stereocenters. The Morgan fingerprint density at radius 2 is 2.24 bits per heavy atom. The van der Waals surface area contributed by atoms with Crippen LogP contribution in [0.2, 0.25) is 0 Å². The topological polar surface area (TPSA) is 63.6 Å². The second-order valence-electron chi connectivity index (χ2n) is 5.38. The molecule has 0 aliphatic heterocycles. The first kappa shape index (κ1) is 12.6. The average molecular weight is 240 g/mol. The Balaban J connectivity index is 2.30. The molecule has 0 unspecified atom stereocenters. The molecule has 4 heteroatoms. The van der Waals surface area contributed by atoms with E-state index in [1.807, 2.05) is 0 Å². The standard InChI is InChI=1S/C13H20O4/c1-3-17-11(15)9-5-4-7-12(2)10(14)6-8-13(9,12)16/h9,16H,3-8H2,1-2H3/t9-,12+,13-/m1/s1. The molecule has 17 heavy (non-hydrogen) atoms. The van der Waals surface area contributed by atoms with E-state index >= 15 is 0 Å². The summed E-state index contributed by atoms with van der Waals surface area (Å²) >= 11 is 0. The van der Waals surface area contributed by atoms with E-state index in [4.69, 9.17) is 4.74 Å². The van der Waals surface area contributed by atoms with E-state index in [9.17, 15) is 14.7 Å². The van der Waals surface area contributed by atoms with E-state index in [2.05, 4.69) is 0 Å². The monoisotopic (exact) mass is 240 g/mol. The van der Waals surface area contributed by atoms with Crippen molar-refractivity contribution in [1.82, 2.24) is 0 Å². The molecule has 0 amide bonds. The maximum atomic E-state index is 11.9. The van der Waals surface area contributed by atoms with Crippen LogP contribution < -0.4 is 0 Å². The summed E-state index contributed by atoms with van der Waals surface area (Å²) in [6, 6.07) is 0. The number of carbonyl (C=O) groups is 2. The second-order valence-corrected chi connectivity index (χ2v) is 5.38. The third kappa shape index (κ3) is 1.61. The first-order valence-corrected chi connectivity index (χ1v) is 6.38. The Morgan fingerprint density at radius 3 is 2.88 bits per heavy atom. The molecule has 0 aromatic rings. The summed E-state index contributed by atoms with van der Waals surface area (Å²) in [5.74, 6) is -0.794. The van der Waals surface area contributed by atoms with Gasteiger partial charge in [0, 0.05) is 6.42 Å². The van der Waals surface area contributed by atoms with Crippen LogP contribution >= 0.6 is 0 Å². The molecule has 1 N–H and O–H groups in total. The van der Waals surface area contributed by atoms with Crippen molar-refractivity contribution in [2.75, 3.05) is 6.61 Å². The average Bonchev–Trinajstić information content (AvgIpc) is 2.52. The first-order valence-electron chi connectivity index (χ1n) is 6.38. The van der Waals surface area contributed by atoms with Gasteiger partial charge in [0.1, 0.15) is 5.78 Å². The molecule has 0 heterocycles. The number of fused-ring (bicyclic) bond motifs is 1. The first-order chi connectivity index (χ1) is 7.95. The van der Waals surface area contributed by atoms with Gasteiger partial charge in [-0.2, -0.15) is 0 Å². The number of esters is 1. The molecule has 2 aliphatic rings. The second kappa shape index (κ2) is 4.09. The van der Waals surface area contributed by atoms with E-state index < -0.39 is 16.9 Å². The third-order valence-electron chi connectivity index (χ3n) is 4.62. The molecule has 0 aromatic heterocycles. The van der Waals surface area contributed by atoms with Gasteiger partial charge in [-0.15, -0.1) is 0 Å². The Morgan fingerprint density at radius 1 is 1.53 bits per heavy atom. The van der Waals surface area contributed by atoms with E-state index in [1.165, 1.54) is 0 Å². The number of ketones is 1. The van der Waals surface area contributed by atoms with Gasteiger partial charge in [0.2, 0.25) is 0 Å². The Bertz CT molecular complexity index is 351. The Hall–Kier alpha value is -0.900. The number of hydrogen-bond acceptors (Lipinski definition) is 4. The van der Waals surface area contributed by atoms with Crippen LogP contribution in [-0.4, -0.2) is 29.1 Å². The maximum absolute atomic E-state index is 11.9. The van der Waals surface area contributed by atoms with Gasteiger partial charge >= 0.3 is 5.97 Å². The summed E-state index contributed by atoms with van der Waals surface area (Å²) in [6.07, 6.45) is 2.87. The van der Waals surface area contributed by atoms with Gasteiger partial charge < -0.3 is 9.84 Å². The number of Topliss-reactive ketones (excluding diaryl/α,β-unsaturated/α-hetero) is 1. The lowest BCUT2D eigenvalue weighted by Crippen LogP contribution is -2.56. The van der Waals surface area contributed by atoms with Crippen LogP contribution in [0.3, 0.4) is 0 Å². The van der Waals surface area contributed by atoms with Crippen molar-refractivity contribution in [3.63, 3.8) is 0 Å². The summed E-state index contributed by atoms with van der Waals surface area (Å²) in [5, 5.41) is 10.8. The smallest absolute Gasteiger partial charge is 0.311 e. The molecule has 2 rings (SSSR count). The number of rotatable bonds is 2. The fraction of sp³-hybridized carbons (Fsp3) is 0.846. The zero-order valence-electron chi connectivity index (χ0n) is 10.5. The number of hydrogen-bond donors (Lipinski definition) is 1. The lowest BCUT2D eigenvalue weighted by atomic mass is 9.61. The molecule has 2 aliphatic carbocycles. The van der Waals surface area contributed by atoms with Gasteiger partial charge in [-0.25, -0.2) is 0 Å². The molecule has 2 fully saturated rings. The van der Waals surface area contributed by atoms with Crippen molar-refractivity contribution < 1.29 is 19.4 Å². The summed E-state index contributed by atoms with van der Waals surface area (Å²) in [4.78, 5) is 23.9. The van der Waals surface area contributed by atoms with Crippen LogP contribution in [0.15, 0.2) is 0 Å². The van der Waals surface area contributed by atoms with E-state index in [1.54, 1.807) is 13.8 Å². The highest BCUT2D eigenvalue weighted by molar-refractivity contribution is 5.90. The normalized spacial score (nSPS) is 41.1. The highest BCUT2D eigenvalue weighted by Crippen LogP contribution is 2.55. The third-order valence-corrected chi connectivity index (χ3v) is 4.62. The Labute approximate surface area is 101 Å². The summed E-state index contributed by atoms with van der Waals surface area (Å²) in [5.41, 5.74) is -1.93. The quantitative estimate of drug-likeness (QED) is 0.742. The molecular weight excluding hydrogens is 220 g/mol. The van der Waals surface area contributed by atoms with Gasteiger partial charge in [-0.3, -0.25) is 9.59 Å². The highest BCUT2D eigenvalue weighted by Gasteiger charge is 2.63. The minimum absolute atomic E-state index is 0.0917. The number of carbonyl (C=O) groups excluding carboxylic acids is 2. The van der Waals surface area contributed by atoms with Crippen molar-refractivity contribution in [3.8, 4) is 0 Å². The highest BCUT2D eigenvalue weighted by atomic mass is 16.5. The number of ether oxygens (including phenoxy) is 1. The van der Waals surface area contributed by atoms with Crippen molar-refractivity contribution in [2.45, 2.75) is 51.6 Å². The van der Waals surface area contributed by atoms with Gasteiger partial charge in [-0.05, 0) is 33.1 Å². The molecule has 96 valence electrons. The van der Waals surface area contributed by atoms with Crippen molar-refractivity contribution >= 4 is 11.8 Å². The molecule has 0 radical (unpaired) electrons. The molecule has 0 aromatic carbocycles. The SMILES string of the molecule is CCOC(=O)[C@H]1CCC[C@@]2(C)C(=O)CC[C@@]12O. The molecular formula is C13H20O4. The van der Waals surface area contributed by atoms with E-state index in [0.717, 1.165) is 6.42 Å². The van der Waals surface area contributed by atoms with Crippen LogP contribution in [0.1, 0.15) is 46.0 Å². The van der Waals surface area contributed by atoms with E-state index in [0.29, 0.717) is 32.3 Å². The summed E-state index contributed by atoms with van der Waals surface area (Å²) in [6.45, 7) is 3.87. The minimum Gasteiger partial charge on any atom is -0.466 e. The zero-order valence-corrected chi connectivity index (χ0v) is 10.5. The van der Waals surface area contributed by atoms with Gasteiger partial charge in [0.15, 0.2) is 0 Å². The largest absolute Gasteiger partial charge is 0.466 e. The summed E-state index contributed by atoms with van der Waals surface area (Å²) < 4.78 is 5.02. The lowest BCUT2D eigenvalue weighted by molar-refractivity contribution is -0.177. The summed E-state index contributed by atoms with van der Waals surface area (Å²) in [7, 11) is 0. The van der Waals surface area contributed by atoms with Crippen molar-refractivity contribution in [3.05, 3.63) is 0 Å². The lowest BCUT2D eigenvalue weighted by Gasteiger charge is -2.46. The maximum Gasteiger partial charge on any atom is 0.311 e. The molecule has 0 saturated heterocycles. The molecule has 2 saturated carbocycles. The fourth-order valence-corrected chi connectivity index (χ4v) is 3.47. The van der Waals surface area contributed by atoms with Crippen LogP contribution in [0.5, 0.6) is 0 Å². The fourth-order valence-electron chi connectivity index (χ4n) is 3.47. The number of aliphatic hydroxyl groups is 1. The van der Waals surface area contributed by atoms with Gasteiger partial charge in [-0.1, -0.05) is 6.42 Å². The van der Waals surface area contributed by atoms with Crippen LogP contribution in [0, 0.1) is 11.3 Å². The molecule has 0 bridgehead atoms. The molecule has 0 spiro atoms. The van der Waals surface area contributed by atoms with E-state index in [-0.39, 0.29) is 11.8 Å². The molecule has 4 nitrogen and oxygen atoms in total. The zero-order chi connectivity index (χ0) is 12.7. The van der Waals surface area contributed by atoms with Crippen LogP contribution in [0.4, 0.5) is 0 Å². The van der Waals surface area contributed by atoms with Crippen molar-refractivity contribution in [2.24, 2.45) is 11.3 Å². The minimum atomic E-state index is -1.19. The van der Waals surface area contributed by atoms with Gasteiger partial charge in [0.25, 0.3) is 0 Å². The van der Waals surface area contributed by atoms with Gasteiger partial charge in [0.05, 0.1) is 23.5 Å². The Kier molecular flexibility index (Phi) is 3.02. The predicted octanol–water partition coefficient (Wildman–Crippen LogP) is 1.45. The van der Waals surface area contributed by atoms with Crippen LogP contribution in [0.25, 0.3) is 0 Å².